The molecule has 304 valence electrons. The molecule has 0 heteroatoms. The lowest BCUT2D eigenvalue weighted by molar-refractivity contribution is 0.435. The van der Waals surface area contributed by atoms with Gasteiger partial charge in [-0.15, -0.1) is 0 Å². The van der Waals surface area contributed by atoms with Gasteiger partial charge in [-0.25, -0.2) is 0 Å². The van der Waals surface area contributed by atoms with Crippen molar-refractivity contribution in [2.45, 2.75) is 42.9 Å². The SMILES string of the molecule is C1=C2C(=Cc3ccccc32)C(c2cccc3c2Cc2ccccc2-3)(c2cccc3c2Cc2ccccc2-3)CC1(c1cccc2c1Cc1ccccc1-2)c1cccc2c1Cc1ccccc1-2. The average molecular weight is 825 g/mol. The summed E-state index contributed by atoms with van der Waals surface area (Å²) in [5, 5.41) is 0. The van der Waals surface area contributed by atoms with Crippen LogP contribution in [0.25, 0.3) is 56.2 Å². The van der Waals surface area contributed by atoms with Gasteiger partial charge in [0.05, 0.1) is 0 Å². The van der Waals surface area contributed by atoms with E-state index in [1.807, 2.05) is 0 Å². The van der Waals surface area contributed by atoms with Gasteiger partial charge in [0.1, 0.15) is 0 Å². The highest BCUT2D eigenvalue weighted by atomic mass is 14.6. The van der Waals surface area contributed by atoms with Crippen molar-refractivity contribution in [3.05, 3.63) is 284 Å². The molecule has 0 nitrogen and oxygen atoms in total. The van der Waals surface area contributed by atoms with E-state index in [0.29, 0.717) is 0 Å². The third-order valence-electron chi connectivity index (χ3n) is 16.5. The molecule has 0 radical (unpaired) electrons. The number of hydrogen-bond acceptors (Lipinski definition) is 0. The zero-order valence-corrected chi connectivity index (χ0v) is 36.2. The molecule has 0 saturated carbocycles. The van der Waals surface area contributed by atoms with Crippen LogP contribution in [0.1, 0.15) is 84.3 Å². The Balaban J connectivity index is 1.11. The van der Waals surface area contributed by atoms with Gasteiger partial charge in [-0.05, 0) is 172 Å². The summed E-state index contributed by atoms with van der Waals surface area (Å²) in [5.74, 6) is 0. The van der Waals surface area contributed by atoms with Crippen LogP contribution in [0.2, 0.25) is 0 Å². The van der Waals surface area contributed by atoms with Gasteiger partial charge in [-0.2, -0.15) is 0 Å². The van der Waals surface area contributed by atoms with Crippen molar-refractivity contribution in [3.8, 4) is 44.5 Å². The number of rotatable bonds is 4. The highest BCUT2D eigenvalue weighted by Crippen LogP contribution is 2.66. The first-order chi connectivity index (χ1) is 32.2. The van der Waals surface area contributed by atoms with E-state index in [0.717, 1.165) is 32.1 Å². The molecule has 0 aromatic heterocycles. The minimum absolute atomic E-state index is 0.521. The number of fused-ring (bicyclic) bond motifs is 15. The average Bonchev–Trinajstić information content (AvgIpc) is 4.19. The van der Waals surface area contributed by atoms with Crippen molar-refractivity contribution in [2.24, 2.45) is 0 Å². The van der Waals surface area contributed by atoms with Crippen molar-refractivity contribution < 1.29 is 0 Å². The second-order valence-electron chi connectivity index (χ2n) is 19.4. The second-order valence-corrected chi connectivity index (χ2v) is 19.4. The first kappa shape index (κ1) is 35.9. The van der Waals surface area contributed by atoms with E-state index in [9.17, 15) is 0 Å². The summed E-state index contributed by atoms with van der Waals surface area (Å²) >= 11 is 0. The summed E-state index contributed by atoms with van der Waals surface area (Å²) in [6.07, 6.45) is 9.97. The van der Waals surface area contributed by atoms with Crippen molar-refractivity contribution in [1.82, 2.24) is 0 Å². The van der Waals surface area contributed by atoms with Gasteiger partial charge >= 0.3 is 0 Å². The molecule has 65 heavy (non-hydrogen) atoms. The van der Waals surface area contributed by atoms with E-state index in [4.69, 9.17) is 0 Å². The van der Waals surface area contributed by atoms with Crippen molar-refractivity contribution in [3.63, 3.8) is 0 Å². The van der Waals surface area contributed by atoms with Gasteiger partial charge < -0.3 is 0 Å². The molecule has 0 amide bonds. The van der Waals surface area contributed by atoms with Crippen LogP contribution in [0, 0.1) is 0 Å². The van der Waals surface area contributed by atoms with E-state index in [2.05, 4.69) is 206 Å². The van der Waals surface area contributed by atoms with E-state index >= 15 is 0 Å². The molecule has 6 aliphatic carbocycles. The Morgan fingerprint density at radius 3 is 1.06 bits per heavy atom. The van der Waals surface area contributed by atoms with Crippen LogP contribution in [0.5, 0.6) is 0 Å². The van der Waals surface area contributed by atoms with Crippen molar-refractivity contribution in [1.29, 1.82) is 0 Å². The van der Waals surface area contributed by atoms with Crippen LogP contribution in [0.3, 0.4) is 0 Å². The highest BCUT2D eigenvalue weighted by Gasteiger charge is 2.56. The minimum Gasteiger partial charge on any atom is -0.0619 e. The van der Waals surface area contributed by atoms with Crippen LogP contribution < -0.4 is 0 Å². The number of allylic oxidation sites excluding steroid dienone is 3. The molecular formula is C65H44. The first-order valence-corrected chi connectivity index (χ1v) is 23.6. The maximum Gasteiger partial charge on any atom is 0.0478 e. The van der Waals surface area contributed by atoms with Gasteiger partial charge in [0.15, 0.2) is 0 Å². The summed E-state index contributed by atoms with van der Waals surface area (Å²) in [6, 6.07) is 75.1. The van der Waals surface area contributed by atoms with Gasteiger partial charge in [0, 0.05) is 10.8 Å². The molecule has 0 saturated heterocycles. The maximum atomic E-state index is 2.79. The molecule has 0 aliphatic heterocycles. The summed E-state index contributed by atoms with van der Waals surface area (Å²) in [6.45, 7) is 0. The molecule has 0 heterocycles. The lowest BCUT2D eigenvalue weighted by Crippen LogP contribution is -2.45. The topological polar surface area (TPSA) is 0 Å². The first-order valence-electron chi connectivity index (χ1n) is 23.6. The molecule has 0 unspecified atom stereocenters. The van der Waals surface area contributed by atoms with E-state index < -0.39 is 10.8 Å². The fourth-order valence-corrected chi connectivity index (χ4v) is 13.9. The lowest BCUT2D eigenvalue weighted by Gasteiger charge is -2.51. The molecular weight excluding hydrogens is 781 g/mol. The Hall–Kier alpha value is -7.54. The largest absolute Gasteiger partial charge is 0.0619 e. The zero-order chi connectivity index (χ0) is 42.4. The third-order valence-corrected chi connectivity index (χ3v) is 16.5. The summed E-state index contributed by atoms with van der Waals surface area (Å²) in [5.41, 5.74) is 32.9. The predicted octanol–water partition coefficient (Wildman–Crippen LogP) is 15.1. The van der Waals surface area contributed by atoms with E-state index in [1.165, 1.54) is 134 Å². The molecule has 0 fully saturated rings. The molecule has 0 bridgehead atoms. The molecule has 0 atom stereocenters. The Bertz CT molecular complexity index is 3450. The van der Waals surface area contributed by atoms with Gasteiger partial charge in [-0.1, -0.05) is 200 Å². The van der Waals surface area contributed by atoms with Gasteiger partial charge in [0.2, 0.25) is 0 Å². The van der Waals surface area contributed by atoms with E-state index in [1.54, 1.807) is 0 Å². The summed E-state index contributed by atoms with van der Waals surface area (Å²) in [4.78, 5) is 0. The molecule has 15 rings (SSSR count). The molecule has 6 aliphatic rings. The van der Waals surface area contributed by atoms with E-state index in [-0.39, 0.29) is 0 Å². The second kappa shape index (κ2) is 13.0. The molecule has 9 aromatic rings. The number of hydrogen-bond donors (Lipinski definition) is 0. The third kappa shape index (κ3) is 4.71. The van der Waals surface area contributed by atoms with Gasteiger partial charge in [-0.3, -0.25) is 0 Å². The smallest absolute Gasteiger partial charge is 0.0478 e. The van der Waals surface area contributed by atoms with Gasteiger partial charge in [0.25, 0.3) is 0 Å². The summed E-state index contributed by atoms with van der Waals surface area (Å²) < 4.78 is 0. The maximum absolute atomic E-state index is 2.79. The quantitative estimate of drug-likeness (QED) is 0.166. The van der Waals surface area contributed by atoms with Crippen LogP contribution >= 0.6 is 0 Å². The van der Waals surface area contributed by atoms with Crippen molar-refractivity contribution >= 4 is 11.6 Å². The predicted molar refractivity (Wildman–Crippen MR) is 267 cm³/mol. The Kier molecular flexibility index (Phi) is 7.19. The minimum atomic E-state index is -0.535. The lowest BCUT2D eigenvalue weighted by atomic mass is 9.50. The molecule has 9 aromatic carbocycles. The van der Waals surface area contributed by atoms with Crippen molar-refractivity contribution in [2.75, 3.05) is 0 Å². The van der Waals surface area contributed by atoms with Crippen LogP contribution in [0.15, 0.2) is 206 Å². The fraction of sp³-hybridized carbons (Fsp3) is 0.108. The highest BCUT2D eigenvalue weighted by molar-refractivity contribution is 6.01. The van der Waals surface area contributed by atoms with Crippen LogP contribution in [-0.2, 0) is 36.5 Å². The summed E-state index contributed by atoms with van der Waals surface area (Å²) in [7, 11) is 0. The normalized spacial score (nSPS) is 16.4. The van der Waals surface area contributed by atoms with Crippen LogP contribution in [0.4, 0.5) is 0 Å². The Morgan fingerprint density at radius 2 is 0.631 bits per heavy atom. The molecule has 0 spiro atoms. The monoisotopic (exact) mass is 824 g/mol. The standard InChI is InChI=1S/C65H44/c1-6-20-45-40(15-1)33-54-50(45)25-11-29-59(54)64(60-30-12-26-51-46-21-7-2-16-41(46)34-55(51)60)38-58-49-24-10-5-19-44(49)37-63(58)65(39-64,61-31-13-27-52-47-22-8-3-17-42(47)35-56(52)61)62-32-14-28-53-48-23-9-4-18-43(48)36-57(53)62/h1-32,37-38H,33-36,39H2. The zero-order valence-electron chi connectivity index (χ0n) is 36.2. The Morgan fingerprint density at radius 1 is 0.292 bits per heavy atom. The van der Waals surface area contributed by atoms with Crippen LogP contribution in [-0.4, -0.2) is 0 Å². The fourth-order valence-electron chi connectivity index (χ4n) is 13.9. The Labute approximate surface area is 380 Å². The molecule has 0 N–H and O–H groups in total. The number of benzene rings is 9.